The van der Waals surface area contributed by atoms with E-state index < -0.39 is 10.1 Å². The molecule has 7 heteroatoms. The van der Waals surface area contributed by atoms with E-state index in [0.29, 0.717) is 6.26 Å². The Bertz CT molecular complexity index is 284. The van der Waals surface area contributed by atoms with Crippen LogP contribution in [0.1, 0.15) is 21.3 Å². The lowest BCUT2D eigenvalue weighted by Gasteiger charge is -1.97. The molecule has 0 saturated heterocycles. The van der Waals surface area contributed by atoms with Crippen molar-refractivity contribution in [1.82, 2.24) is 0 Å². The summed E-state index contributed by atoms with van der Waals surface area (Å²) in [4.78, 5) is 0. The smallest absolute Gasteiger partial charge is 0.255 e. The Morgan fingerprint density at radius 1 is 1.00 bits per heavy atom. The summed E-state index contributed by atoms with van der Waals surface area (Å²) >= 11 is 0. The van der Waals surface area contributed by atoms with Crippen LogP contribution in [0.4, 0.5) is 0 Å². The van der Waals surface area contributed by atoms with Gasteiger partial charge >= 0.3 is 0 Å². The van der Waals surface area contributed by atoms with Crippen LogP contribution in [0.3, 0.4) is 0 Å². The molecule has 0 aliphatic carbocycles. The first-order chi connectivity index (χ1) is 7.10. The molecule has 0 saturated carbocycles. The molecule has 0 aliphatic rings. The van der Waals surface area contributed by atoms with Gasteiger partial charge in [-0.25, -0.2) is 17.6 Å². The molecule has 0 bridgehead atoms. The van der Waals surface area contributed by atoms with Crippen molar-refractivity contribution < 1.29 is 27.2 Å². The first-order valence-electron chi connectivity index (χ1n) is 4.53. The molecule has 0 unspecified atom stereocenters. The van der Waals surface area contributed by atoms with Crippen molar-refractivity contribution in [3.8, 4) is 0 Å². The van der Waals surface area contributed by atoms with E-state index in [1.54, 1.807) is 0 Å². The Balaban J connectivity index is -0.0000000729. The van der Waals surface area contributed by atoms with Crippen LogP contribution in [0.15, 0.2) is 0 Å². The molecule has 0 N–H and O–H groups in total. The van der Waals surface area contributed by atoms with Crippen LogP contribution in [0.2, 0.25) is 0 Å². The van der Waals surface area contributed by atoms with E-state index in [0.717, 1.165) is 0 Å². The zero-order chi connectivity index (χ0) is 13.8. The lowest BCUT2D eigenvalue weighted by Crippen LogP contribution is -2.12. The average molecular weight is 271 g/mol. The van der Waals surface area contributed by atoms with Crippen LogP contribution in [-0.4, -0.2) is 64.4 Å². The molecule has 0 aromatic rings. The molecule has 0 aromatic carbocycles. The van der Waals surface area contributed by atoms with Gasteiger partial charge in [0.25, 0.3) is 10.1 Å². The van der Waals surface area contributed by atoms with Crippen molar-refractivity contribution in [1.29, 1.82) is 0 Å². The minimum absolute atomic E-state index is 0. The van der Waals surface area contributed by atoms with E-state index in [2.05, 4.69) is 4.33 Å². The highest BCUT2D eigenvalue weighted by atomic mass is 32.2. The second-order valence-electron chi connectivity index (χ2n) is 3.22. The first kappa shape index (κ1) is 25.2. The van der Waals surface area contributed by atoms with Gasteiger partial charge in [-0.15, -0.1) is 0 Å². The zero-order valence-corrected chi connectivity index (χ0v) is 11.9. The van der Waals surface area contributed by atoms with Gasteiger partial charge in [0.15, 0.2) is 0 Å². The second-order valence-corrected chi connectivity index (χ2v) is 4.76. The van der Waals surface area contributed by atoms with Gasteiger partial charge in [0.05, 0.1) is 6.26 Å². The fourth-order valence-electron chi connectivity index (χ4n) is 0. The molecule has 0 aromatic heterocycles. The Labute approximate surface area is 106 Å². The molecule has 17 heavy (non-hydrogen) atoms. The normalized spacial score (nSPS) is 8.24. The maximum absolute atomic E-state index is 9.47. The maximum atomic E-state index is 9.47. The molecule has 0 radical (unpaired) electrons. The number of nitrogens with zero attached hydrogens (tertiary/aromatic N) is 2. The van der Waals surface area contributed by atoms with Gasteiger partial charge in [-0.3, -0.25) is 0 Å². The molecule has 0 aliphatic heterocycles. The van der Waals surface area contributed by atoms with Crippen LogP contribution in [0.25, 0.3) is 0 Å². The highest BCUT2D eigenvalue weighted by molar-refractivity contribution is 7.85. The Morgan fingerprint density at radius 2 is 1.12 bits per heavy atom. The Morgan fingerprint density at radius 3 is 1.12 bits per heavy atom. The van der Waals surface area contributed by atoms with E-state index in [4.69, 9.17) is 5.26 Å². The van der Waals surface area contributed by atoms with Crippen molar-refractivity contribution in [2.45, 2.75) is 21.3 Å². The molecular weight excluding hydrogens is 244 g/mol. The van der Waals surface area contributed by atoms with Crippen LogP contribution in [0, 0.1) is 0 Å². The fraction of sp³-hybridized carbons (Fsp3) is 0.800. The third-order valence-electron chi connectivity index (χ3n) is 1.16. The molecular formula is C10H27N2O4S+. The third kappa shape index (κ3) is 68.8. The van der Waals surface area contributed by atoms with E-state index in [-0.39, 0.29) is 7.43 Å². The molecule has 0 atom stereocenters. The van der Waals surface area contributed by atoms with Crippen molar-refractivity contribution in [2.75, 3.05) is 34.4 Å². The molecule has 0 rings (SSSR count). The largest absolute Gasteiger partial charge is 0.707 e. The summed E-state index contributed by atoms with van der Waals surface area (Å²) in [5, 5.41) is 8.86. The van der Waals surface area contributed by atoms with Crippen LogP contribution in [0.5, 0.6) is 0 Å². The molecule has 0 spiro atoms. The number of hydrogen-bond acceptors (Lipinski definition) is 4. The average Bonchev–Trinajstić information content (AvgIpc) is 2.18. The predicted octanol–water partition coefficient (Wildman–Crippen LogP) is -0.428. The van der Waals surface area contributed by atoms with Crippen molar-refractivity contribution in [3.63, 3.8) is 0 Å². The minimum atomic E-state index is -3.72. The first-order valence-corrected chi connectivity index (χ1v) is 6.35. The van der Waals surface area contributed by atoms with Crippen LogP contribution >= 0.6 is 0 Å². The van der Waals surface area contributed by atoms with Crippen LogP contribution < -0.4 is 5.26 Å². The van der Waals surface area contributed by atoms with Crippen molar-refractivity contribution in [3.05, 3.63) is 0 Å². The van der Waals surface area contributed by atoms with Gasteiger partial charge < -0.3 is 9.59 Å². The SMILES string of the molecule is C.CC=[N+](C)C.CC=[N+](C)C.CS(=O)(=O)O[O-]. The van der Waals surface area contributed by atoms with Gasteiger partial charge in [0, 0.05) is 13.8 Å². The topological polar surface area (TPSA) is 72.5 Å². The van der Waals surface area contributed by atoms with Gasteiger partial charge in [-0.05, 0) is 0 Å². The van der Waals surface area contributed by atoms with Crippen molar-refractivity contribution >= 4 is 22.5 Å². The predicted molar refractivity (Wildman–Crippen MR) is 70.4 cm³/mol. The summed E-state index contributed by atoms with van der Waals surface area (Å²) in [5.41, 5.74) is 0. The quantitative estimate of drug-likeness (QED) is 0.281. The summed E-state index contributed by atoms with van der Waals surface area (Å²) in [6.45, 7) is 4.00. The Kier molecular flexibility index (Phi) is 22.5. The molecule has 6 nitrogen and oxygen atoms in total. The highest BCUT2D eigenvalue weighted by Crippen LogP contribution is 1.71. The third-order valence-corrected chi connectivity index (χ3v) is 1.40. The summed E-state index contributed by atoms with van der Waals surface area (Å²) in [6, 6.07) is 0. The van der Waals surface area contributed by atoms with Gasteiger partial charge in [-0.2, -0.15) is 0 Å². The van der Waals surface area contributed by atoms with E-state index in [1.165, 1.54) is 0 Å². The lowest BCUT2D eigenvalue weighted by molar-refractivity contribution is -0.634. The highest BCUT2D eigenvalue weighted by Gasteiger charge is 1.86. The van der Waals surface area contributed by atoms with Crippen LogP contribution in [-0.2, 0) is 14.5 Å². The number of hydrogen-bond donors (Lipinski definition) is 0. The molecule has 0 heterocycles. The van der Waals surface area contributed by atoms with Crippen molar-refractivity contribution in [2.24, 2.45) is 0 Å². The zero-order valence-electron chi connectivity index (χ0n) is 11.1. The standard InChI is InChI=1S/2C4H10N.CH4O4S.CH4/c2*1-4-5(2)3;1-6(3,4)5-2;/h2*4H,1-3H3;2H,1H3;1H4/q2*+1;;/p-1. The van der Waals surface area contributed by atoms with E-state index >= 15 is 0 Å². The lowest BCUT2D eigenvalue weighted by atomic mass is 10.8. The minimum Gasteiger partial charge on any atom is -0.707 e. The van der Waals surface area contributed by atoms with Gasteiger partial charge in [-0.1, -0.05) is 7.43 Å². The number of rotatable bonds is 1. The second kappa shape index (κ2) is 15.2. The summed E-state index contributed by atoms with van der Waals surface area (Å²) in [6.07, 6.45) is 4.68. The van der Waals surface area contributed by atoms with E-state index in [1.807, 2.05) is 63.6 Å². The molecule has 0 fully saturated rings. The Hall–Kier alpha value is -0.790. The fourth-order valence-corrected chi connectivity index (χ4v) is 0. The van der Waals surface area contributed by atoms with E-state index in [9.17, 15) is 8.42 Å². The summed E-state index contributed by atoms with van der Waals surface area (Å²) < 4.78 is 25.6. The van der Waals surface area contributed by atoms with Gasteiger partial charge in [0.1, 0.15) is 40.6 Å². The molecule has 0 amide bonds. The van der Waals surface area contributed by atoms with Gasteiger partial charge in [0.2, 0.25) is 0 Å². The maximum Gasteiger partial charge on any atom is 0.255 e. The molecule has 106 valence electrons. The summed E-state index contributed by atoms with van der Waals surface area (Å²) in [5.74, 6) is 0. The summed E-state index contributed by atoms with van der Waals surface area (Å²) in [7, 11) is 4.28. The monoisotopic (exact) mass is 271 g/mol.